The van der Waals surface area contributed by atoms with Crippen LogP contribution in [0.15, 0.2) is 29.4 Å². The molecule has 23 heavy (non-hydrogen) atoms. The highest BCUT2D eigenvalue weighted by Crippen LogP contribution is 2.18. The SMILES string of the molecule is CCCCCCCCCCCCCCOc1ccc(N=[N])cc1. The summed E-state index contributed by atoms with van der Waals surface area (Å²) in [5, 5.41) is 3.13. The Balaban J connectivity index is 1.83. The van der Waals surface area contributed by atoms with E-state index in [0.29, 0.717) is 5.69 Å². The molecule has 0 N–H and O–H groups in total. The van der Waals surface area contributed by atoms with Crippen molar-refractivity contribution in [2.75, 3.05) is 6.61 Å². The summed E-state index contributed by atoms with van der Waals surface area (Å²) in [7, 11) is 0. The Kier molecular flexibility index (Phi) is 12.2. The van der Waals surface area contributed by atoms with Gasteiger partial charge in [0.15, 0.2) is 0 Å². The van der Waals surface area contributed by atoms with E-state index < -0.39 is 0 Å². The van der Waals surface area contributed by atoms with Gasteiger partial charge in [-0.15, -0.1) is 5.11 Å². The molecular formula is C20H33N2O. The van der Waals surface area contributed by atoms with Crippen molar-refractivity contribution in [3.05, 3.63) is 24.3 Å². The second-order valence-electron chi connectivity index (χ2n) is 6.33. The van der Waals surface area contributed by atoms with E-state index in [1.807, 2.05) is 12.1 Å². The van der Waals surface area contributed by atoms with Crippen LogP contribution in [0.25, 0.3) is 0 Å². The van der Waals surface area contributed by atoms with Crippen LogP contribution in [0.5, 0.6) is 5.75 Å². The molecule has 0 bridgehead atoms. The maximum atomic E-state index is 8.61. The minimum atomic E-state index is 0.558. The van der Waals surface area contributed by atoms with E-state index >= 15 is 0 Å². The Labute approximate surface area is 142 Å². The molecule has 0 aliphatic rings. The molecule has 3 nitrogen and oxygen atoms in total. The topological polar surface area (TPSA) is 43.9 Å². The minimum absolute atomic E-state index is 0.558. The Morgan fingerprint density at radius 2 is 1.22 bits per heavy atom. The summed E-state index contributed by atoms with van der Waals surface area (Å²) in [5.41, 5.74) is 9.17. The number of ether oxygens (including phenoxy) is 1. The largest absolute Gasteiger partial charge is 0.494 e. The predicted molar refractivity (Wildman–Crippen MR) is 97.2 cm³/mol. The maximum absolute atomic E-state index is 8.61. The molecule has 0 unspecified atom stereocenters. The first-order chi connectivity index (χ1) is 11.4. The Morgan fingerprint density at radius 3 is 1.70 bits per heavy atom. The third-order valence-electron chi connectivity index (χ3n) is 4.22. The summed E-state index contributed by atoms with van der Waals surface area (Å²) >= 11 is 0. The van der Waals surface area contributed by atoms with E-state index in [0.717, 1.165) is 18.8 Å². The molecule has 1 radical (unpaired) electrons. The van der Waals surface area contributed by atoms with E-state index in [1.165, 1.54) is 70.6 Å². The minimum Gasteiger partial charge on any atom is -0.494 e. The van der Waals surface area contributed by atoms with Crippen molar-refractivity contribution in [2.45, 2.75) is 84.0 Å². The molecule has 0 fully saturated rings. The standard InChI is InChI=1S/C20H33N2O/c1-2-3-4-5-6-7-8-9-10-11-12-13-18-23-20-16-14-19(22-21)15-17-20/h14-17H,2-13,18H2,1H3. The van der Waals surface area contributed by atoms with E-state index in [4.69, 9.17) is 10.3 Å². The van der Waals surface area contributed by atoms with Gasteiger partial charge in [0.1, 0.15) is 5.75 Å². The van der Waals surface area contributed by atoms with Crippen LogP contribution < -0.4 is 10.3 Å². The predicted octanol–water partition coefficient (Wildman–Crippen LogP) is 6.65. The van der Waals surface area contributed by atoms with E-state index in [2.05, 4.69) is 12.0 Å². The van der Waals surface area contributed by atoms with Crippen molar-refractivity contribution in [1.29, 1.82) is 0 Å². The maximum Gasteiger partial charge on any atom is 0.119 e. The van der Waals surface area contributed by atoms with Gasteiger partial charge in [0, 0.05) is 0 Å². The van der Waals surface area contributed by atoms with Crippen LogP contribution in [0.1, 0.15) is 84.0 Å². The van der Waals surface area contributed by atoms with Gasteiger partial charge in [-0.25, -0.2) is 0 Å². The van der Waals surface area contributed by atoms with Gasteiger partial charge in [0.05, 0.1) is 12.3 Å². The lowest BCUT2D eigenvalue weighted by Crippen LogP contribution is -1.96. The number of benzene rings is 1. The van der Waals surface area contributed by atoms with Crippen molar-refractivity contribution < 1.29 is 4.74 Å². The molecule has 129 valence electrons. The second-order valence-corrected chi connectivity index (χ2v) is 6.33. The fourth-order valence-electron chi connectivity index (χ4n) is 2.74. The van der Waals surface area contributed by atoms with Crippen molar-refractivity contribution in [1.82, 2.24) is 5.53 Å². The molecule has 0 saturated heterocycles. The summed E-state index contributed by atoms with van der Waals surface area (Å²) in [4.78, 5) is 0. The second kappa shape index (κ2) is 14.2. The normalized spacial score (nSPS) is 10.7. The lowest BCUT2D eigenvalue weighted by molar-refractivity contribution is 0.304. The molecule has 0 spiro atoms. The Morgan fingerprint density at radius 1 is 0.739 bits per heavy atom. The third-order valence-corrected chi connectivity index (χ3v) is 4.22. The first-order valence-electron chi connectivity index (χ1n) is 9.44. The Bertz CT molecular complexity index is 389. The highest BCUT2D eigenvalue weighted by atomic mass is 16.5. The third kappa shape index (κ3) is 10.9. The van der Waals surface area contributed by atoms with Crippen LogP contribution in [0.2, 0.25) is 0 Å². The molecule has 0 saturated carbocycles. The molecule has 0 aliphatic carbocycles. The quantitative estimate of drug-likeness (QED) is 0.264. The molecule has 1 aromatic carbocycles. The van der Waals surface area contributed by atoms with Gasteiger partial charge in [0.2, 0.25) is 0 Å². The van der Waals surface area contributed by atoms with E-state index in [1.54, 1.807) is 12.1 Å². The summed E-state index contributed by atoms with van der Waals surface area (Å²) in [5.74, 6) is 0.848. The first-order valence-corrected chi connectivity index (χ1v) is 9.44. The average Bonchev–Trinajstić information content (AvgIpc) is 2.59. The molecule has 0 aromatic heterocycles. The highest BCUT2D eigenvalue weighted by molar-refractivity contribution is 5.40. The smallest absolute Gasteiger partial charge is 0.119 e. The van der Waals surface area contributed by atoms with Crippen molar-refractivity contribution in [2.24, 2.45) is 5.11 Å². The molecule has 1 rings (SSSR count). The van der Waals surface area contributed by atoms with Gasteiger partial charge < -0.3 is 4.74 Å². The molecule has 0 atom stereocenters. The lowest BCUT2D eigenvalue weighted by atomic mass is 10.1. The molecule has 0 amide bonds. The lowest BCUT2D eigenvalue weighted by Gasteiger charge is -2.06. The average molecular weight is 317 g/mol. The summed E-state index contributed by atoms with van der Waals surface area (Å²) in [6, 6.07) is 7.18. The van der Waals surface area contributed by atoms with Crippen LogP contribution in [-0.4, -0.2) is 6.61 Å². The van der Waals surface area contributed by atoms with Crippen LogP contribution >= 0.6 is 0 Å². The zero-order valence-electron chi connectivity index (χ0n) is 14.8. The number of rotatable bonds is 15. The van der Waals surface area contributed by atoms with Crippen LogP contribution in [0, 0.1) is 0 Å². The number of nitrogens with zero attached hydrogens (tertiary/aromatic N) is 2. The van der Waals surface area contributed by atoms with Gasteiger partial charge in [-0.2, -0.15) is 0 Å². The van der Waals surface area contributed by atoms with Crippen molar-refractivity contribution >= 4 is 5.69 Å². The van der Waals surface area contributed by atoms with Gasteiger partial charge in [-0.1, -0.05) is 77.6 Å². The zero-order chi connectivity index (χ0) is 16.6. The van der Waals surface area contributed by atoms with Gasteiger partial charge >= 0.3 is 0 Å². The van der Waals surface area contributed by atoms with E-state index in [-0.39, 0.29) is 0 Å². The van der Waals surface area contributed by atoms with Crippen LogP contribution in [-0.2, 0) is 0 Å². The van der Waals surface area contributed by atoms with Gasteiger partial charge in [0.25, 0.3) is 0 Å². The van der Waals surface area contributed by atoms with E-state index in [9.17, 15) is 0 Å². The molecule has 3 heteroatoms. The highest BCUT2D eigenvalue weighted by Gasteiger charge is 1.96. The fourth-order valence-corrected chi connectivity index (χ4v) is 2.74. The molecule has 0 aliphatic heterocycles. The Hall–Kier alpha value is -1.38. The van der Waals surface area contributed by atoms with Crippen molar-refractivity contribution in [3.63, 3.8) is 0 Å². The number of unbranched alkanes of at least 4 members (excludes halogenated alkanes) is 11. The molecular weight excluding hydrogens is 284 g/mol. The number of hydrogen-bond acceptors (Lipinski definition) is 2. The van der Waals surface area contributed by atoms with Crippen LogP contribution in [0.4, 0.5) is 5.69 Å². The molecule has 0 heterocycles. The fraction of sp³-hybridized carbons (Fsp3) is 0.700. The first kappa shape index (κ1) is 19.7. The number of hydrogen-bond donors (Lipinski definition) is 0. The van der Waals surface area contributed by atoms with Crippen molar-refractivity contribution in [3.8, 4) is 5.75 Å². The van der Waals surface area contributed by atoms with Gasteiger partial charge in [-0.3, -0.25) is 0 Å². The summed E-state index contributed by atoms with van der Waals surface area (Å²) in [6.07, 6.45) is 16.3. The summed E-state index contributed by atoms with van der Waals surface area (Å²) < 4.78 is 5.67. The van der Waals surface area contributed by atoms with Gasteiger partial charge in [-0.05, 0) is 36.2 Å². The monoisotopic (exact) mass is 317 g/mol. The van der Waals surface area contributed by atoms with Crippen LogP contribution in [0.3, 0.4) is 0 Å². The summed E-state index contributed by atoms with van der Waals surface area (Å²) in [6.45, 7) is 3.04. The zero-order valence-corrected chi connectivity index (χ0v) is 14.8. The molecule has 1 aromatic rings.